The Hall–Kier alpha value is -2.18. The van der Waals surface area contributed by atoms with Gasteiger partial charge in [-0.15, -0.1) is 0 Å². The van der Waals surface area contributed by atoms with Gasteiger partial charge < -0.3 is 15.7 Å². The van der Waals surface area contributed by atoms with Crippen molar-refractivity contribution in [2.45, 2.75) is 19.8 Å². The first-order valence-electron chi connectivity index (χ1n) is 6.13. The fourth-order valence-corrected chi connectivity index (χ4v) is 1.65. The first-order chi connectivity index (χ1) is 9.40. The minimum atomic E-state index is -0.939. The van der Waals surface area contributed by atoms with Crippen LogP contribution in [0.5, 0.6) is 0 Å². The molecule has 0 aromatic heterocycles. The minimum Gasteiger partial charge on any atom is -0.481 e. The molecule has 0 aliphatic carbocycles. The zero-order valence-electron chi connectivity index (χ0n) is 11.0. The summed E-state index contributed by atoms with van der Waals surface area (Å²) < 4.78 is 25.8. The minimum absolute atomic E-state index is 0.00807. The van der Waals surface area contributed by atoms with Gasteiger partial charge in [-0.2, -0.15) is 0 Å². The monoisotopic (exact) mass is 286 g/mol. The van der Waals surface area contributed by atoms with Crippen LogP contribution in [-0.2, 0) is 4.79 Å². The number of carboxylic acid groups (broad SMARTS) is 1. The number of benzene rings is 1. The average Bonchev–Trinajstić information content (AvgIpc) is 2.32. The van der Waals surface area contributed by atoms with Gasteiger partial charge in [-0.3, -0.25) is 4.79 Å². The summed E-state index contributed by atoms with van der Waals surface area (Å²) in [4.78, 5) is 22.1. The molecular formula is C13H16F2N2O3. The molecule has 0 saturated carbocycles. The van der Waals surface area contributed by atoms with E-state index in [9.17, 15) is 18.4 Å². The van der Waals surface area contributed by atoms with Gasteiger partial charge in [-0.05, 0) is 18.1 Å². The molecular weight excluding hydrogens is 270 g/mol. The summed E-state index contributed by atoms with van der Waals surface area (Å²) in [6.45, 7) is 1.99. The van der Waals surface area contributed by atoms with Gasteiger partial charge in [0, 0.05) is 24.7 Å². The SMILES string of the molecule is CCC(CNC(=O)Nc1cc(F)cc(F)c1)CC(=O)O. The molecule has 0 fully saturated rings. The third-order valence-electron chi connectivity index (χ3n) is 2.71. The van der Waals surface area contributed by atoms with Crippen LogP contribution in [0.25, 0.3) is 0 Å². The first-order valence-corrected chi connectivity index (χ1v) is 6.13. The predicted molar refractivity (Wildman–Crippen MR) is 69.4 cm³/mol. The summed E-state index contributed by atoms with van der Waals surface area (Å²) in [5, 5.41) is 13.4. The van der Waals surface area contributed by atoms with Crippen LogP contribution in [0.3, 0.4) is 0 Å². The summed E-state index contributed by atoms with van der Waals surface area (Å²) in [7, 11) is 0. The molecule has 0 radical (unpaired) electrons. The number of hydrogen-bond acceptors (Lipinski definition) is 2. The van der Waals surface area contributed by atoms with Gasteiger partial charge in [0.2, 0.25) is 0 Å². The Labute approximate surface area is 115 Å². The summed E-state index contributed by atoms with van der Waals surface area (Å²) in [6, 6.07) is 2.02. The van der Waals surface area contributed by atoms with E-state index in [1.807, 2.05) is 6.92 Å². The molecule has 0 aliphatic heterocycles. The Bertz CT molecular complexity index is 474. The molecule has 1 aromatic rings. The van der Waals surface area contributed by atoms with Crippen LogP contribution in [0.2, 0.25) is 0 Å². The van der Waals surface area contributed by atoms with Crippen molar-refractivity contribution in [2.24, 2.45) is 5.92 Å². The van der Waals surface area contributed by atoms with Crippen molar-refractivity contribution in [3.63, 3.8) is 0 Å². The zero-order chi connectivity index (χ0) is 15.1. The standard InChI is InChI=1S/C13H16F2N2O3/c1-2-8(3-12(18)19)7-16-13(20)17-11-5-9(14)4-10(15)6-11/h4-6,8H,2-3,7H2,1H3,(H,18,19)(H2,16,17,20). The Morgan fingerprint density at radius 1 is 1.25 bits per heavy atom. The Morgan fingerprint density at radius 2 is 1.85 bits per heavy atom. The van der Waals surface area contributed by atoms with E-state index in [1.165, 1.54) is 0 Å². The van der Waals surface area contributed by atoms with E-state index in [2.05, 4.69) is 10.6 Å². The third-order valence-corrected chi connectivity index (χ3v) is 2.71. The number of hydrogen-bond donors (Lipinski definition) is 3. The maximum absolute atomic E-state index is 12.9. The molecule has 1 rings (SSSR count). The number of aliphatic carboxylic acids is 1. The highest BCUT2D eigenvalue weighted by Crippen LogP contribution is 2.12. The van der Waals surface area contributed by atoms with E-state index in [-0.39, 0.29) is 24.6 Å². The van der Waals surface area contributed by atoms with Crippen LogP contribution in [0, 0.1) is 17.6 Å². The maximum atomic E-state index is 12.9. The summed E-state index contributed by atoms with van der Waals surface area (Å²) in [5.74, 6) is -2.72. The quantitative estimate of drug-likeness (QED) is 0.752. The Morgan fingerprint density at radius 3 is 2.35 bits per heavy atom. The molecule has 0 aliphatic rings. The molecule has 3 N–H and O–H groups in total. The van der Waals surface area contributed by atoms with Crippen molar-refractivity contribution >= 4 is 17.7 Å². The highest BCUT2D eigenvalue weighted by atomic mass is 19.1. The molecule has 1 aromatic carbocycles. The van der Waals surface area contributed by atoms with Crippen molar-refractivity contribution in [2.75, 3.05) is 11.9 Å². The average molecular weight is 286 g/mol. The largest absolute Gasteiger partial charge is 0.481 e. The number of rotatable bonds is 6. The van der Waals surface area contributed by atoms with Gasteiger partial charge in [-0.1, -0.05) is 13.3 Å². The lowest BCUT2D eigenvalue weighted by atomic mass is 10.0. The van der Waals surface area contributed by atoms with E-state index in [0.717, 1.165) is 12.1 Å². The van der Waals surface area contributed by atoms with E-state index in [1.54, 1.807) is 0 Å². The smallest absolute Gasteiger partial charge is 0.319 e. The van der Waals surface area contributed by atoms with Crippen LogP contribution in [0.15, 0.2) is 18.2 Å². The topological polar surface area (TPSA) is 78.4 Å². The molecule has 0 saturated heterocycles. The lowest BCUT2D eigenvalue weighted by molar-refractivity contribution is -0.138. The van der Waals surface area contributed by atoms with Crippen LogP contribution in [-0.4, -0.2) is 23.7 Å². The highest BCUT2D eigenvalue weighted by Gasteiger charge is 2.12. The van der Waals surface area contributed by atoms with Gasteiger partial charge in [0.25, 0.3) is 0 Å². The predicted octanol–water partition coefficient (Wildman–Crippen LogP) is 2.59. The van der Waals surface area contributed by atoms with E-state index >= 15 is 0 Å². The molecule has 0 spiro atoms. The zero-order valence-corrected chi connectivity index (χ0v) is 11.0. The summed E-state index contributed by atoms with van der Waals surface area (Å²) in [6.07, 6.45) is 0.548. The normalized spacial score (nSPS) is 11.8. The van der Waals surface area contributed by atoms with E-state index < -0.39 is 23.6 Å². The Balaban J connectivity index is 2.48. The fraction of sp³-hybridized carbons (Fsp3) is 0.385. The van der Waals surface area contributed by atoms with Crippen molar-refractivity contribution in [1.82, 2.24) is 5.32 Å². The second-order valence-corrected chi connectivity index (χ2v) is 4.37. The molecule has 7 heteroatoms. The summed E-state index contributed by atoms with van der Waals surface area (Å²) in [5.41, 5.74) is -0.00807. The lowest BCUT2D eigenvalue weighted by Gasteiger charge is -2.14. The second kappa shape index (κ2) is 7.42. The Kier molecular flexibility index (Phi) is 5.89. The number of amides is 2. The van der Waals surface area contributed by atoms with Gasteiger partial charge in [-0.25, -0.2) is 13.6 Å². The lowest BCUT2D eigenvalue weighted by Crippen LogP contribution is -2.33. The van der Waals surface area contributed by atoms with Gasteiger partial charge in [0.15, 0.2) is 0 Å². The van der Waals surface area contributed by atoms with Crippen molar-refractivity contribution in [3.05, 3.63) is 29.8 Å². The molecule has 2 amide bonds. The summed E-state index contributed by atoms with van der Waals surface area (Å²) >= 11 is 0. The molecule has 1 atom stereocenters. The van der Waals surface area contributed by atoms with Crippen molar-refractivity contribution in [3.8, 4) is 0 Å². The number of carboxylic acids is 1. The molecule has 110 valence electrons. The maximum Gasteiger partial charge on any atom is 0.319 e. The number of carbonyl (C=O) groups excluding carboxylic acids is 1. The molecule has 0 heterocycles. The molecule has 0 bridgehead atoms. The molecule has 1 unspecified atom stereocenters. The number of halogens is 2. The van der Waals surface area contributed by atoms with E-state index in [0.29, 0.717) is 12.5 Å². The van der Waals surface area contributed by atoms with Crippen molar-refractivity contribution < 1.29 is 23.5 Å². The van der Waals surface area contributed by atoms with Crippen LogP contribution >= 0.6 is 0 Å². The van der Waals surface area contributed by atoms with Crippen LogP contribution in [0.1, 0.15) is 19.8 Å². The van der Waals surface area contributed by atoms with Gasteiger partial charge in [0.05, 0.1) is 0 Å². The second-order valence-electron chi connectivity index (χ2n) is 4.37. The number of nitrogens with one attached hydrogen (secondary N) is 2. The van der Waals surface area contributed by atoms with Gasteiger partial charge >= 0.3 is 12.0 Å². The number of carbonyl (C=O) groups is 2. The highest BCUT2D eigenvalue weighted by molar-refractivity contribution is 5.89. The molecule has 20 heavy (non-hydrogen) atoms. The third kappa shape index (κ3) is 5.64. The van der Waals surface area contributed by atoms with Crippen LogP contribution < -0.4 is 10.6 Å². The molecule has 5 nitrogen and oxygen atoms in total. The van der Waals surface area contributed by atoms with Gasteiger partial charge in [0.1, 0.15) is 11.6 Å². The number of anilines is 1. The first kappa shape index (κ1) is 15.9. The van der Waals surface area contributed by atoms with E-state index in [4.69, 9.17) is 5.11 Å². The fourth-order valence-electron chi connectivity index (χ4n) is 1.65. The van der Waals surface area contributed by atoms with Crippen LogP contribution in [0.4, 0.5) is 19.3 Å². The number of urea groups is 1. The van der Waals surface area contributed by atoms with Crippen molar-refractivity contribution in [1.29, 1.82) is 0 Å².